The van der Waals surface area contributed by atoms with Crippen LogP contribution < -0.4 is 15.5 Å². The average molecular weight is 673 g/mol. The molecule has 3 heterocycles. The lowest BCUT2D eigenvalue weighted by Crippen LogP contribution is -2.55. The number of aromatic nitrogens is 2. The number of amides is 3. The van der Waals surface area contributed by atoms with E-state index in [-0.39, 0.29) is 12.1 Å². The minimum atomic E-state index is -4.66. The van der Waals surface area contributed by atoms with Gasteiger partial charge in [0.1, 0.15) is 11.9 Å². The molecule has 2 atom stereocenters. The predicted octanol–water partition coefficient (Wildman–Crippen LogP) is 5.02. The first-order chi connectivity index (χ1) is 23.6. The van der Waals surface area contributed by atoms with E-state index in [2.05, 4.69) is 27.2 Å². The van der Waals surface area contributed by atoms with E-state index in [4.69, 9.17) is 4.74 Å². The molecular formula is C36H35F3N6O4. The third-order valence-corrected chi connectivity index (χ3v) is 8.67. The van der Waals surface area contributed by atoms with E-state index in [0.717, 1.165) is 18.2 Å². The maximum atomic E-state index is 14.4. The molecule has 49 heavy (non-hydrogen) atoms. The van der Waals surface area contributed by atoms with Crippen molar-refractivity contribution in [3.8, 4) is 5.69 Å². The summed E-state index contributed by atoms with van der Waals surface area (Å²) >= 11 is 0. The van der Waals surface area contributed by atoms with Gasteiger partial charge in [0, 0.05) is 54.5 Å². The van der Waals surface area contributed by atoms with E-state index >= 15 is 0 Å². The Morgan fingerprint density at radius 2 is 1.69 bits per heavy atom. The zero-order chi connectivity index (χ0) is 34.7. The molecule has 6 rings (SSSR count). The molecule has 10 nitrogen and oxygen atoms in total. The molecule has 0 unspecified atom stereocenters. The van der Waals surface area contributed by atoms with Gasteiger partial charge in [0.15, 0.2) is 0 Å². The Morgan fingerprint density at radius 3 is 2.41 bits per heavy atom. The quantitative estimate of drug-likeness (QED) is 0.242. The second-order valence-electron chi connectivity index (χ2n) is 11.8. The lowest BCUT2D eigenvalue weighted by molar-refractivity contribution is -0.137. The summed E-state index contributed by atoms with van der Waals surface area (Å²) in [5.74, 6) is -2.17. The van der Waals surface area contributed by atoms with Gasteiger partial charge >= 0.3 is 6.18 Å². The van der Waals surface area contributed by atoms with Crippen molar-refractivity contribution in [1.82, 2.24) is 20.0 Å². The number of nitrogens with one attached hydrogen (secondary N) is 2. The Hall–Kier alpha value is -5.27. The molecule has 13 heteroatoms. The molecule has 2 aliphatic heterocycles. The number of hydrogen-bond donors (Lipinski definition) is 2. The monoisotopic (exact) mass is 672 g/mol. The summed E-state index contributed by atoms with van der Waals surface area (Å²) in [6, 6.07) is 18.9. The molecule has 0 radical (unpaired) electrons. The first kappa shape index (κ1) is 33.6. The highest BCUT2D eigenvalue weighted by Gasteiger charge is 2.45. The first-order valence-corrected chi connectivity index (χ1v) is 15.9. The molecular weight excluding hydrogens is 637 g/mol. The smallest absolute Gasteiger partial charge is 0.379 e. The number of para-hydroxylation sites is 2. The van der Waals surface area contributed by atoms with Crippen molar-refractivity contribution >= 4 is 29.2 Å². The standard InChI is InChI=1S/C36H35F3N6O4/c1-3-44-34-28(21-40-45(34)26-12-5-4-6-13-26)30(31(35(44)48)42-33(47)24-10-9-11-25(20-24)36(37,38)39)27-14-7-8-15-29(27)41-32(46)23(2)22-43-16-18-49-19-17-43/h4-15,20-21,30-31H,2-3,16-19,22H2,1H3,(H,41,46)(H,42,47)/t30-,31+/m0/s1. The molecule has 0 bridgehead atoms. The molecule has 1 aromatic heterocycles. The minimum absolute atomic E-state index is 0.215. The Bertz CT molecular complexity index is 1870. The number of benzene rings is 3. The van der Waals surface area contributed by atoms with Crippen molar-refractivity contribution in [2.24, 2.45) is 0 Å². The van der Waals surface area contributed by atoms with Gasteiger partial charge in [-0.2, -0.15) is 18.3 Å². The number of rotatable bonds is 9. The van der Waals surface area contributed by atoms with Gasteiger partial charge in [0.05, 0.1) is 30.7 Å². The number of anilines is 2. The maximum absolute atomic E-state index is 14.4. The largest absolute Gasteiger partial charge is 0.416 e. The SMILES string of the molecule is C=C(CN1CCOCC1)C(=O)Nc1ccccc1[C@H]1c2cnn(-c3ccccc3)c2N(CC)C(=O)[C@@H]1NC(=O)c1cccc(C(F)(F)F)c1. The predicted molar refractivity (Wildman–Crippen MR) is 178 cm³/mol. The Balaban J connectivity index is 1.41. The third-order valence-electron chi connectivity index (χ3n) is 8.67. The molecule has 4 aromatic rings. The van der Waals surface area contributed by atoms with Gasteiger partial charge in [-0.15, -0.1) is 0 Å². The average Bonchev–Trinajstić information content (AvgIpc) is 3.54. The highest BCUT2D eigenvalue weighted by Crippen LogP contribution is 2.43. The fraction of sp³-hybridized carbons (Fsp3) is 0.278. The highest BCUT2D eigenvalue weighted by atomic mass is 19.4. The third kappa shape index (κ3) is 6.99. The summed E-state index contributed by atoms with van der Waals surface area (Å²) in [5.41, 5.74) is 1.25. The molecule has 2 N–H and O–H groups in total. The number of hydrogen-bond acceptors (Lipinski definition) is 6. The summed E-state index contributed by atoms with van der Waals surface area (Å²) in [6.07, 6.45) is -3.05. The molecule has 0 saturated carbocycles. The topological polar surface area (TPSA) is 109 Å². The van der Waals surface area contributed by atoms with Gasteiger partial charge in [-0.3, -0.25) is 24.2 Å². The normalized spacial score (nSPS) is 18.1. The van der Waals surface area contributed by atoms with Crippen LogP contribution in [0.25, 0.3) is 5.69 Å². The van der Waals surface area contributed by atoms with E-state index in [1.807, 2.05) is 30.3 Å². The van der Waals surface area contributed by atoms with Crippen molar-refractivity contribution in [2.45, 2.75) is 25.1 Å². The number of likely N-dealkylation sites (N-methyl/N-ethyl adjacent to an activating group) is 1. The Morgan fingerprint density at radius 1 is 0.980 bits per heavy atom. The van der Waals surface area contributed by atoms with Crippen LogP contribution in [0.4, 0.5) is 24.7 Å². The van der Waals surface area contributed by atoms with E-state index in [9.17, 15) is 27.6 Å². The van der Waals surface area contributed by atoms with Crippen LogP contribution in [0, 0.1) is 0 Å². The number of alkyl halides is 3. The number of halogens is 3. The number of ether oxygens (including phenoxy) is 1. The zero-order valence-corrected chi connectivity index (χ0v) is 26.7. The minimum Gasteiger partial charge on any atom is -0.379 e. The maximum Gasteiger partial charge on any atom is 0.416 e. The van der Waals surface area contributed by atoms with Gasteiger partial charge in [0.2, 0.25) is 0 Å². The molecule has 1 saturated heterocycles. The number of morpholine rings is 1. The molecule has 254 valence electrons. The first-order valence-electron chi connectivity index (χ1n) is 15.9. The van der Waals surface area contributed by atoms with Gasteiger partial charge in [0.25, 0.3) is 17.7 Å². The zero-order valence-electron chi connectivity index (χ0n) is 26.7. The van der Waals surface area contributed by atoms with Crippen LogP contribution in [-0.4, -0.2) is 77.8 Å². The van der Waals surface area contributed by atoms with Crippen LogP contribution in [0.5, 0.6) is 0 Å². The van der Waals surface area contributed by atoms with E-state index in [0.29, 0.717) is 66.7 Å². The van der Waals surface area contributed by atoms with Crippen molar-refractivity contribution in [3.63, 3.8) is 0 Å². The van der Waals surface area contributed by atoms with E-state index in [1.165, 1.54) is 11.0 Å². The highest BCUT2D eigenvalue weighted by molar-refractivity contribution is 6.07. The summed E-state index contributed by atoms with van der Waals surface area (Å²) in [4.78, 5) is 45.1. The van der Waals surface area contributed by atoms with Crippen molar-refractivity contribution in [3.05, 3.63) is 119 Å². The van der Waals surface area contributed by atoms with Gasteiger partial charge < -0.3 is 15.4 Å². The van der Waals surface area contributed by atoms with Crippen LogP contribution in [0.3, 0.4) is 0 Å². The summed E-state index contributed by atoms with van der Waals surface area (Å²) in [7, 11) is 0. The number of nitrogens with zero attached hydrogens (tertiary/aromatic N) is 4. The molecule has 3 aromatic carbocycles. The van der Waals surface area contributed by atoms with Crippen LogP contribution >= 0.6 is 0 Å². The van der Waals surface area contributed by atoms with Crippen molar-refractivity contribution in [1.29, 1.82) is 0 Å². The van der Waals surface area contributed by atoms with E-state index in [1.54, 1.807) is 42.1 Å². The van der Waals surface area contributed by atoms with Crippen molar-refractivity contribution < 1.29 is 32.3 Å². The molecule has 3 amide bonds. The lowest BCUT2D eigenvalue weighted by Gasteiger charge is -2.38. The molecule has 1 fully saturated rings. The number of fused-ring (bicyclic) bond motifs is 1. The Labute approximate surface area is 281 Å². The molecule has 2 aliphatic rings. The molecule has 0 aliphatic carbocycles. The van der Waals surface area contributed by atoms with Crippen molar-refractivity contribution in [2.75, 3.05) is 49.6 Å². The second-order valence-corrected chi connectivity index (χ2v) is 11.8. The van der Waals surface area contributed by atoms with E-state index < -0.39 is 41.4 Å². The summed E-state index contributed by atoms with van der Waals surface area (Å²) in [6.45, 7) is 8.80. The van der Waals surface area contributed by atoms with Crippen LogP contribution in [-0.2, 0) is 20.5 Å². The van der Waals surface area contributed by atoms with Crippen LogP contribution in [0.1, 0.15) is 39.9 Å². The second kappa shape index (κ2) is 14.1. The van der Waals surface area contributed by atoms with Gasteiger partial charge in [-0.05, 0) is 48.9 Å². The van der Waals surface area contributed by atoms with Gasteiger partial charge in [-0.1, -0.05) is 49.0 Å². The number of carbonyl (C=O) groups is 3. The van der Waals surface area contributed by atoms with Crippen LogP contribution in [0.2, 0.25) is 0 Å². The summed E-state index contributed by atoms with van der Waals surface area (Å²) in [5, 5.41) is 10.3. The van der Waals surface area contributed by atoms with Gasteiger partial charge in [-0.25, -0.2) is 4.68 Å². The fourth-order valence-electron chi connectivity index (χ4n) is 6.25. The number of carbonyl (C=O) groups excluding carboxylic acids is 3. The summed E-state index contributed by atoms with van der Waals surface area (Å²) < 4.78 is 47.6. The Kier molecular flexibility index (Phi) is 9.65. The lowest BCUT2D eigenvalue weighted by atomic mass is 9.81. The fourth-order valence-corrected chi connectivity index (χ4v) is 6.25. The molecule has 0 spiro atoms. The van der Waals surface area contributed by atoms with Crippen LogP contribution in [0.15, 0.2) is 97.2 Å².